The summed E-state index contributed by atoms with van der Waals surface area (Å²) in [5.74, 6) is 0. The highest BCUT2D eigenvalue weighted by Gasteiger charge is 2.25. The van der Waals surface area contributed by atoms with Crippen molar-refractivity contribution in [3.8, 4) is 6.07 Å². The topological polar surface area (TPSA) is 56.3 Å². The van der Waals surface area contributed by atoms with Crippen molar-refractivity contribution in [3.63, 3.8) is 0 Å². The van der Waals surface area contributed by atoms with Crippen molar-refractivity contribution >= 4 is 0 Å². The van der Waals surface area contributed by atoms with Gasteiger partial charge in [-0.1, -0.05) is 121 Å². The molecule has 0 aliphatic carbocycles. The van der Waals surface area contributed by atoms with E-state index in [1.807, 2.05) is 12.1 Å². The first-order valence-corrected chi connectivity index (χ1v) is 13.5. The quantitative estimate of drug-likeness (QED) is 0.217. The van der Waals surface area contributed by atoms with E-state index in [1.54, 1.807) is 0 Å². The number of hydrogen-bond donors (Lipinski definition) is 1. The van der Waals surface area contributed by atoms with Crippen molar-refractivity contribution in [1.29, 1.82) is 5.26 Å². The molecule has 0 bridgehead atoms. The predicted molar refractivity (Wildman–Crippen MR) is 156 cm³/mol. The van der Waals surface area contributed by atoms with E-state index in [-0.39, 0.29) is 6.04 Å². The van der Waals surface area contributed by atoms with Crippen molar-refractivity contribution in [1.82, 2.24) is 9.80 Å². The van der Waals surface area contributed by atoms with E-state index in [9.17, 15) is 5.26 Å². The number of rotatable bonds is 14. The van der Waals surface area contributed by atoms with Crippen LogP contribution in [0.5, 0.6) is 0 Å². The molecule has 0 fully saturated rings. The Hall–Kier alpha value is -3.75. The summed E-state index contributed by atoms with van der Waals surface area (Å²) in [5.41, 5.74) is 11.6. The fourth-order valence-corrected chi connectivity index (χ4v) is 5.02. The Labute approximate surface area is 228 Å². The van der Waals surface area contributed by atoms with E-state index >= 15 is 0 Å². The summed E-state index contributed by atoms with van der Waals surface area (Å²) in [4.78, 5) is 4.88. The Balaban J connectivity index is 1.48. The Morgan fingerprint density at radius 2 is 0.947 bits per heavy atom. The molecule has 2 N–H and O–H groups in total. The standard InChI is InChI=1S/C34H38N4/c35-24-33(36)34(38(27-31-18-9-3-10-19-31)28-32-20-11-4-12-21-32)22-13-23-37(25-29-14-5-1-6-15-29)26-30-16-7-2-8-17-30/h1-12,14-21,33-34H,13,22-23,25-28,36H2. The first kappa shape index (κ1) is 27.3. The van der Waals surface area contributed by atoms with Gasteiger partial charge in [-0.25, -0.2) is 0 Å². The normalized spacial score (nSPS) is 12.8. The van der Waals surface area contributed by atoms with E-state index in [0.29, 0.717) is 0 Å². The number of benzene rings is 4. The van der Waals surface area contributed by atoms with E-state index in [4.69, 9.17) is 5.73 Å². The maximum Gasteiger partial charge on any atom is 0.109 e. The van der Waals surface area contributed by atoms with Crippen molar-refractivity contribution in [2.24, 2.45) is 5.73 Å². The van der Waals surface area contributed by atoms with Gasteiger partial charge in [0, 0.05) is 32.2 Å². The molecule has 0 saturated heterocycles. The fourth-order valence-electron chi connectivity index (χ4n) is 5.02. The molecule has 194 valence electrons. The molecule has 0 heterocycles. The molecule has 4 nitrogen and oxygen atoms in total. The van der Waals surface area contributed by atoms with Crippen LogP contribution >= 0.6 is 0 Å². The smallest absolute Gasteiger partial charge is 0.109 e. The lowest BCUT2D eigenvalue weighted by Gasteiger charge is -2.34. The van der Waals surface area contributed by atoms with Gasteiger partial charge in [0.15, 0.2) is 0 Å². The van der Waals surface area contributed by atoms with Gasteiger partial charge in [-0.05, 0) is 41.6 Å². The zero-order chi connectivity index (χ0) is 26.4. The molecule has 0 aliphatic heterocycles. The maximum atomic E-state index is 9.87. The van der Waals surface area contributed by atoms with Crippen LogP contribution in [0.4, 0.5) is 0 Å². The molecule has 4 rings (SSSR count). The molecule has 4 aromatic rings. The van der Waals surface area contributed by atoms with Gasteiger partial charge in [0.1, 0.15) is 6.04 Å². The average Bonchev–Trinajstić information content (AvgIpc) is 2.97. The minimum absolute atomic E-state index is 0.0456. The van der Waals surface area contributed by atoms with Crippen molar-refractivity contribution < 1.29 is 0 Å². The van der Waals surface area contributed by atoms with Crippen LogP contribution in [-0.4, -0.2) is 28.4 Å². The molecule has 0 radical (unpaired) electrons. The molecule has 0 aliphatic rings. The summed E-state index contributed by atoms with van der Waals surface area (Å²) in [6.45, 7) is 4.23. The van der Waals surface area contributed by atoms with Crippen molar-refractivity contribution in [2.75, 3.05) is 6.54 Å². The van der Waals surface area contributed by atoms with Gasteiger partial charge in [0.2, 0.25) is 0 Å². The van der Waals surface area contributed by atoms with E-state index in [0.717, 1.165) is 45.6 Å². The van der Waals surface area contributed by atoms with Gasteiger partial charge < -0.3 is 5.73 Å². The number of hydrogen-bond acceptors (Lipinski definition) is 4. The fraction of sp³-hybridized carbons (Fsp3) is 0.265. The molecule has 0 spiro atoms. The molecule has 38 heavy (non-hydrogen) atoms. The van der Waals surface area contributed by atoms with Crippen molar-refractivity contribution in [3.05, 3.63) is 144 Å². The Kier molecular flexibility index (Phi) is 10.7. The summed E-state index contributed by atoms with van der Waals surface area (Å²) in [6, 6.07) is 44.0. The molecule has 0 saturated carbocycles. The summed E-state index contributed by atoms with van der Waals surface area (Å²) >= 11 is 0. The maximum absolute atomic E-state index is 9.87. The van der Waals surface area contributed by atoms with Gasteiger partial charge in [-0.15, -0.1) is 0 Å². The lowest BCUT2D eigenvalue weighted by Crippen LogP contribution is -2.46. The third-order valence-corrected chi connectivity index (χ3v) is 6.96. The zero-order valence-corrected chi connectivity index (χ0v) is 22.1. The van der Waals surface area contributed by atoms with Crippen LogP contribution < -0.4 is 5.73 Å². The molecular weight excluding hydrogens is 464 g/mol. The van der Waals surface area contributed by atoms with Crippen LogP contribution in [0.1, 0.15) is 35.1 Å². The molecule has 0 amide bonds. The highest BCUT2D eigenvalue weighted by molar-refractivity contribution is 5.19. The van der Waals surface area contributed by atoms with Gasteiger partial charge >= 0.3 is 0 Å². The van der Waals surface area contributed by atoms with E-state index < -0.39 is 6.04 Å². The Morgan fingerprint density at radius 3 is 1.32 bits per heavy atom. The zero-order valence-electron chi connectivity index (χ0n) is 22.1. The summed E-state index contributed by atoms with van der Waals surface area (Å²) < 4.78 is 0. The summed E-state index contributed by atoms with van der Waals surface area (Å²) in [6.07, 6.45) is 1.81. The largest absolute Gasteiger partial charge is 0.315 e. The lowest BCUT2D eigenvalue weighted by atomic mass is 10.00. The van der Waals surface area contributed by atoms with Gasteiger partial charge in [0.05, 0.1) is 6.07 Å². The minimum Gasteiger partial charge on any atom is -0.315 e. The molecule has 4 aromatic carbocycles. The number of nitrogens with zero attached hydrogens (tertiary/aromatic N) is 3. The van der Waals surface area contributed by atoms with E-state index in [2.05, 4.69) is 125 Å². The van der Waals surface area contributed by atoms with Crippen molar-refractivity contribution in [2.45, 2.75) is 51.1 Å². The third-order valence-electron chi connectivity index (χ3n) is 6.96. The van der Waals surface area contributed by atoms with Gasteiger partial charge in [-0.3, -0.25) is 9.80 Å². The number of nitriles is 1. The first-order valence-electron chi connectivity index (χ1n) is 13.5. The lowest BCUT2D eigenvalue weighted by molar-refractivity contribution is 0.148. The first-order chi connectivity index (χ1) is 18.7. The van der Waals surface area contributed by atoms with Crippen LogP contribution in [0.2, 0.25) is 0 Å². The van der Waals surface area contributed by atoms with E-state index in [1.165, 1.54) is 22.3 Å². The van der Waals surface area contributed by atoms with Crippen LogP contribution in [0, 0.1) is 11.3 Å². The monoisotopic (exact) mass is 502 g/mol. The third kappa shape index (κ3) is 8.68. The molecule has 2 atom stereocenters. The van der Waals surface area contributed by atoms with Gasteiger partial charge in [0.25, 0.3) is 0 Å². The Morgan fingerprint density at radius 1 is 0.579 bits per heavy atom. The summed E-state index contributed by atoms with van der Waals surface area (Å²) in [7, 11) is 0. The summed E-state index contributed by atoms with van der Waals surface area (Å²) in [5, 5.41) is 9.87. The average molecular weight is 503 g/mol. The molecule has 2 unspecified atom stereocenters. The number of nitrogens with two attached hydrogens (primary N) is 1. The second-order valence-electron chi connectivity index (χ2n) is 9.92. The van der Waals surface area contributed by atoms with Gasteiger partial charge in [-0.2, -0.15) is 5.26 Å². The van der Waals surface area contributed by atoms with Crippen LogP contribution in [-0.2, 0) is 26.2 Å². The minimum atomic E-state index is -0.556. The van der Waals surface area contributed by atoms with Crippen LogP contribution in [0.3, 0.4) is 0 Å². The molecule has 0 aromatic heterocycles. The van der Waals surface area contributed by atoms with Crippen LogP contribution in [0.15, 0.2) is 121 Å². The highest BCUT2D eigenvalue weighted by atomic mass is 15.2. The van der Waals surface area contributed by atoms with Crippen LogP contribution in [0.25, 0.3) is 0 Å². The highest BCUT2D eigenvalue weighted by Crippen LogP contribution is 2.20. The second-order valence-corrected chi connectivity index (χ2v) is 9.92. The molecule has 4 heteroatoms. The molecular formula is C34H38N4. The second kappa shape index (κ2) is 14.9. The Bertz CT molecular complexity index is 1140. The predicted octanol–water partition coefficient (Wildman–Crippen LogP) is 6.39. The SMILES string of the molecule is N#CC(N)C(CCCN(Cc1ccccc1)Cc1ccccc1)N(Cc1ccccc1)Cc1ccccc1.